The van der Waals surface area contributed by atoms with E-state index >= 15 is 0 Å². The number of carbonyl (C=O) groups is 1. The second-order valence-electron chi connectivity index (χ2n) is 10.4. The number of aryl methyl sites for hydroxylation is 2. The maximum atomic E-state index is 11.5. The molecule has 1 aliphatic rings. The number of nitriles is 1. The summed E-state index contributed by atoms with van der Waals surface area (Å²) in [4.78, 5) is 15.6. The van der Waals surface area contributed by atoms with Crippen molar-refractivity contribution in [3.8, 4) is 28.5 Å². The smallest absolute Gasteiger partial charge is 0.306 e. The fourth-order valence-corrected chi connectivity index (χ4v) is 7.24. The van der Waals surface area contributed by atoms with Gasteiger partial charge in [0, 0.05) is 45.7 Å². The summed E-state index contributed by atoms with van der Waals surface area (Å²) in [7, 11) is 0. The van der Waals surface area contributed by atoms with Crippen LogP contribution >= 0.6 is 23.3 Å². The Hall–Kier alpha value is -3.99. The first-order chi connectivity index (χ1) is 19.4. The van der Waals surface area contributed by atoms with Crippen molar-refractivity contribution in [2.75, 3.05) is 18.0 Å². The summed E-state index contributed by atoms with van der Waals surface area (Å²) in [6.45, 7) is 5.64. The topological polar surface area (TPSA) is 69.3 Å². The highest BCUT2D eigenvalue weighted by Crippen LogP contribution is 2.47. The monoisotopic (exact) mass is 563 g/mol. The van der Waals surface area contributed by atoms with E-state index in [0.717, 1.165) is 57.0 Å². The Balaban J connectivity index is 1.55. The summed E-state index contributed by atoms with van der Waals surface area (Å²) in [6, 6.07) is 28.1. The zero-order valence-electron chi connectivity index (χ0n) is 22.4. The summed E-state index contributed by atoms with van der Waals surface area (Å²) in [6.07, 6.45) is 1.29. The zero-order valence-corrected chi connectivity index (χ0v) is 24.1. The molecule has 0 spiro atoms. The second-order valence-corrected chi connectivity index (χ2v) is 12.3. The number of anilines is 1. The largest absolute Gasteiger partial charge is 0.481 e. The van der Waals surface area contributed by atoms with Crippen molar-refractivity contribution >= 4 is 45.8 Å². The van der Waals surface area contributed by atoms with Gasteiger partial charge in [0.25, 0.3) is 0 Å². The van der Waals surface area contributed by atoms with Crippen LogP contribution in [0.3, 0.4) is 0 Å². The van der Waals surface area contributed by atoms with Gasteiger partial charge in [0.1, 0.15) is 10.9 Å². The summed E-state index contributed by atoms with van der Waals surface area (Å²) in [5.74, 6) is -0.972. The SMILES string of the molecule is Cc1ccc(Sn2c(-c3cccc(N4CCC(C(=O)O)CC4)c3)c(-c3ccsc3C#N)c3cc(C)ccc32)cc1. The van der Waals surface area contributed by atoms with E-state index in [1.54, 1.807) is 11.9 Å². The van der Waals surface area contributed by atoms with E-state index < -0.39 is 5.97 Å². The number of hydrogen-bond acceptors (Lipinski definition) is 5. The predicted molar refractivity (Wildman–Crippen MR) is 165 cm³/mol. The van der Waals surface area contributed by atoms with Crippen LogP contribution in [-0.2, 0) is 4.79 Å². The van der Waals surface area contributed by atoms with Crippen molar-refractivity contribution in [2.45, 2.75) is 31.6 Å². The summed E-state index contributed by atoms with van der Waals surface area (Å²) in [5.41, 5.74) is 8.72. The van der Waals surface area contributed by atoms with E-state index in [2.05, 4.69) is 102 Å². The van der Waals surface area contributed by atoms with Gasteiger partial charge in [-0.05, 0) is 86.5 Å². The molecule has 40 heavy (non-hydrogen) atoms. The van der Waals surface area contributed by atoms with E-state index in [9.17, 15) is 15.2 Å². The summed E-state index contributed by atoms with van der Waals surface area (Å²) >= 11 is 3.16. The predicted octanol–water partition coefficient (Wildman–Crippen LogP) is 8.38. The van der Waals surface area contributed by atoms with Crippen LogP contribution in [0.25, 0.3) is 33.3 Å². The highest BCUT2D eigenvalue weighted by atomic mass is 32.2. The number of hydrogen-bond donors (Lipinski definition) is 1. The van der Waals surface area contributed by atoms with Gasteiger partial charge in [-0.25, -0.2) is 0 Å². The van der Waals surface area contributed by atoms with Crippen molar-refractivity contribution < 1.29 is 9.90 Å². The van der Waals surface area contributed by atoms with E-state index in [1.165, 1.54) is 22.5 Å². The Kier molecular flexibility index (Phi) is 7.14. The van der Waals surface area contributed by atoms with Crippen LogP contribution in [0, 0.1) is 31.1 Å². The molecule has 6 rings (SSSR count). The minimum atomic E-state index is -0.699. The number of carboxylic acids is 1. The van der Waals surface area contributed by atoms with Gasteiger partial charge in [0.2, 0.25) is 0 Å². The summed E-state index contributed by atoms with van der Waals surface area (Å²) < 4.78 is 2.31. The normalized spacial score (nSPS) is 14.0. The number of benzene rings is 3. The van der Waals surface area contributed by atoms with Crippen LogP contribution in [0.5, 0.6) is 0 Å². The number of carboxylic acid groups (broad SMARTS) is 1. The van der Waals surface area contributed by atoms with Crippen LogP contribution in [0.4, 0.5) is 5.69 Å². The van der Waals surface area contributed by atoms with Crippen LogP contribution in [0.1, 0.15) is 28.8 Å². The molecular weight excluding hydrogens is 535 g/mol. The van der Waals surface area contributed by atoms with Crippen molar-refractivity contribution in [3.05, 3.63) is 94.2 Å². The molecule has 0 bridgehead atoms. The quantitative estimate of drug-likeness (QED) is 0.225. The van der Waals surface area contributed by atoms with Crippen LogP contribution in [0.2, 0.25) is 0 Å². The molecule has 0 saturated carbocycles. The first-order valence-electron chi connectivity index (χ1n) is 13.4. The van der Waals surface area contributed by atoms with Crippen molar-refractivity contribution in [2.24, 2.45) is 5.92 Å². The molecule has 1 aliphatic heterocycles. The molecule has 0 amide bonds. The molecule has 7 heteroatoms. The van der Waals surface area contributed by atoms with E-state index in [1.807, 2.05) is 5.38 Å². The highest BCUT2D eigenvalue weighted by molar-refractivity contribution is 7.98. The molecule has 200 valence electrons. The lowest BCUT2D eigenvalue weighted by molar-refractivity contribution is -0.142. The van der Waals surface area contributed by atoms with Gasteiger partial charge in [-0.1, -0.05) is 41.5 Å². The van der Waals surface area contributed by atoms with E-state index in [-0.39, 0.29) is 5.92 Å². The maximum absolute atomic E-state index is 11.5. The number of aromatic nitrogens is 1. The van der Waals surface area contributed by atoms with Gasteiger partial charge in [-0.15, -0.1) is 11.3 Å². The molecule has 0 unspecified atom stereocenters. The Morgan fingerprint density at radius 2 is 1.75 bits per heavy atom. The molecule has 0 radical (unpaired) electrons. The third-order valence-electron chi connectivity index (χ3n) is 7.66. The second kappa shape index (κ2) is 10.9. The molecule has 3 heterocycles. The fraction of sp³-hybridized carbons (Fsp3) is 0.212. The molecule has 0 aliphatic carbocycles. The minimum absolute atomic E-state index is 0.272. The van der Waals surface area contributed by atoms with E-state index in [4.69, 9.17) is 0 Å². The highest BCUT2D eigenvalue weighted by Gasteiger charge is 2.27. The Morgan fingerprint density at radius 3 is 2.48 bits per heavy atom. The third-order valence-corrected chi connectivity index (χ3v) is 9.53. The summed E-state index contributed by atoms with van der Waals surface area (Å²) in [5, 5.41) is 22.6. The van der Waals surface area contributed by atoms with Crippen molar-refractivity contribution in [3.63, 3.8) is 0 Å². The standard InChI is InChI=1S/C33H29N3O2S2/c1-21-6-9-26(10-7-21)40-36-29-11-8-22(2)18-28(29)31(27-14-17-39-30(27)20-34)32(36)24-4-3-5-25(19-24)35-15-12-23(13-16-35)33(37)38/h3-11,14,17-19,23H,12-13,15-16H2,1-2H3,(H,37,38). The first-order valence-corrected chi connectivity index (χ1v) is 15.0. The lowest BCUT2D eigenvalue weighted by atomic mass is 9.95. The average Bonchev–Trinajstić information content (AvgIpc) is 3.56. The van der Waals surface area contributed by atoms with Gasteiger partial charge in [-0.3, -0.25) is 8.77 Å². The number of aliphatic carboxylic acids is 1. The molecule has 3 aromatic carbocycles. The molecule has 5 nitrogen and oxygen atoms in total. The Morgan fingerprint density at radius 1 is 1.00 bits per heavy atom. The molecule has 1 saturated heterocycles. The fourth-order valence-electron chi connectivity index (χ4n) is 5.54. The van der Waals surface area contributed by atoms with Crippen molar-refractivity contribution in [1.29, 1.82) is 5.26 Å². The number of rotatable bonds is 6. The van der Waals surface area contributed by atoms with Crippen LogP contribution in [0.15, 0.2) is 83.1 Å². The van der Waals surface area contributed by atoms with Gasteiger partial charge >= 0.3 is 5.97 Å². The number of thiophene rings is 1. The molecule has 1 fully saturated rings. The lowest BCUT2D eigenvalue weighted by Crippen LogP contribution is -2.36. The molecular formula is C33H29N3O2S2. The molecule has 0 atom stereocenters. The lowest BCUT2D eigenvalue weighted by Gasteiger charge is -2.32. The van der Waals surface area contributed by atoms with Gasteiger partial charge < -0.3 is 10.0 Å². The van der Waals surface area contributed by atoms with E-state index in [0.29, 0.717) is 17.7 Å². The van der Waals surface area contributed by atoms with Crippen LogP contribution < -0.4 is 4.90 Å². The average molecular weight is 564 g/mol. The number of nitrogens with zero attached hydrogens (tertiary/aromatic N) is 3. The molecule has 1 N–H and O–H groups in total. The molecule has 5 aromatic rings. The Bertz CT molecular complexity index is 1750. The molecule has 2 aromatic heterocycles. The van der Waals surface area contributed by atoms with Crippen LogP contribution in [-0.4, -0.2) is 28.1 Å². The number of fused-ring (bicyclic) bond motifs is 1. The minimum Gasteiger partial charge on any atom is -0.481 e. The zero-order chi connectivity index (χ0) is 27.8. The Labute approximate surface area is 242 Å². The van der Waals surface area contributed by atoms with Gasteiger partial charge in [0.05, 0.1) is 17.1 Å². The number of piperidine rings is 1. The third kappa shape index (κ3) is 4.90. The first kappa shape index (κ1) is 26.2. The van der Waals surface area contributed by atoms with Crippen molar-refractivity contribution in [1.82, 2.24) is 3.97 Å². The van der Waals surface area contributed by atoms with Gasteiger partial charge in [0.15, 0.2) is 0 Å². The van der Waals surface area contributed by atoms with Gasteiger partial charge in [-0.2, -0.15) is 5.26 Å². The maximum Gasteiger partial charge on any atom is 0.306 e.